The van der Waals surface area contributed by atoms with Crippen molar-refractivity contribution in [2.75, 3.05) is 0 Å². The van der Waals surface area contributed by atoms with Gasteiger partial charge in [0.2, 0.25) is 10.0 Å². The van der Waals surface area contributed by atoms with Crippen LogP contribution in [0.25, 0.3) is 0 Å². The van der Waals surface area contributed by atoms with E-state index in [1.807, 2.05) is 30.7 Å². The van der Waals surface area contributed by atoms with Crippen molar-refractivity contribution in [1.29, 1.82) is 0 Å². The predicted octanol–water partition coefficient (Wildman–Crippen LogP) is 2.57. The van der Waals surface area contributed by atoms with Crippen LogP contribution < -0.4 is 4.72 Å². The van der Waals surface area contributed by atoms with Gasteiger partial charge in [0.05, 0.1) is 11.4 Å². The van der Waals surface area contributed by atoms with Crippen LogP contribution in [0, 0.1) is 6.92 Å². The van der Waals surface area contributed by atoms with Crippen molar-refractivity contribution in [2.45, 2.75) is 18.4 Å². The zero-order valence-electron chi connectivity index (χ0n) is 10.7. The number of rotatable bonds is 4. The van der Waals surface area contributed by atoms with Crippen LogP contribution in [0.5, 0.6) is 0 Å². The molecule has 0 aliphatic carbocycles. The van der Waals surface area contributed by atoms with Crippen LogP contribution in [0.15, 0.2) is 45.8 Å². The second kappa shape index (κ2) is 5.48. The fourth-order valence-electron chi connectivity index (χ4n) is 1.75. The number of hydrogen-bond donors (Lipinski definition) is 1. The Morgan fingerprint density at radius 1 is 1.21 bits per heavy atom. The van der Waals surface area contributed by atoms with Gasteiger partial charge in [-0.15, -0.1) is 0 Å². The second-order valence-electron chi connectivity index (χ2n) is 4.28. The first-order valence-electron chi connectivity index (χ1n) is 5.77. The lowest BCUT2D eigenvalue weighted by atomic mass is 10.4. The fourth-order valence-corrected chi connectivity index (χ4v) is 3.75. The molecule has 0 aliphatic rings. The molecule has 1 aromatic carbocycles. The largest absolute Gasteiger partial charge is 0.351 e. The van der Waals surface area contributed by atoms with Crippen molar-refractivity contribution in [3.05, 3.63) is 52.3 Å². The summed E-state index contributed by atoms with van der Waals surface area (Å²) in [5, 5.41) is 0. The third-order valence-corrected chi connectivity index (χ3v) is 5.46. The molecule has 0 unspecified atom stereocenters. The molecule has 0 aliphatic heterocycles. The Balaban J connectivity index is 2.19. The standard InChI is InChI=1S/C13H15BrN2O2S/c1-10-7-8-11(16(10)2)9-15-19(17,18)13-6-4-3-5-12(13)14/h3-8,15H,9H2,1-2H3. The highest BCUT2D eigenvalue weighted by molar-refractivity contribution is 9.10. The van der Waals surface area contributed by atoms with E-state index in [1.54, 1.807) is 24.3 Å². The third kappa shape index (κ3) is 3.08. The van der Waals surface area contributed by atoms with E-state index in [1.165, 1.54) is 0 Å². The Morgan fingerprint density at radius 3 is 2.47 bits per heavy atom. The Morgan fingerprint density at radius 2 is 1.89 bits per heavy atom. The van der Waals surface area contributed by atoms with Crippen LogP contribution in [-0.4, -0.2) is 13.0 Å². The van der Waals surface area contributed by atoms with E-state index >= 15 is 0 Å². The minimum absolute atomic E-state index is 0.251. The van der Waals surface area contributed by atoms with Gasteiger partial charge in [0, 0.05) is 22.9 Å². The van der Waals surface area contributed by atoms with Crippen LogP contribution in [0.4, 0.5) is 0 Å². The molecule has 2 rings (SSSR count). The van der Waals surface area contributed by atoms with Crippen molar-refractivity contribution in [1.82, 2.24) is 9.29 Å². The second-order valence-corrected chi connectivity index (χ2v) is 6.87. The lowest BCUT2D eigenvalue weighted by molar-refractivity contribution is 0.578. The quantitative estimate of drug-likeness (QED) is 0.928. The number of nitrogens with one attached hydrogen (secondary N) is 1. The number of halogens is 1. The van der Waals surface area contributed by atoms with Crippen molar-refractivity contribution in [3.63, 3.8) is 0 Å². The van der Waals surface area contributed by atoms with E-state index < -0.39 is 10.0 Å². The molecule has 102 valence electrons. The summed E-state index contributed by atoms with van der Waals surface area (Å²) >= 11 is 3.25. The van der Waals surface area contributed by atoms with Crippen LogP contribution in [-0.2, 0) is 23.6 Å². The first-order valence-corrected chi connectivity index (χ1v) is 8.05. The summed E-state index contributed by atoms with van der Waals surface area (Å²) in [5.74, 6) is 0. The lowest BCUT2D eigenvalue weighted by Crippen LogP contribution is -2.24. The molecule has 0 saturated heterocycles. The molecular weight excluding hydrogens is 328 g/mol. The van der Waals surface area contributed by atoms with Gasteiger partial charge in [-0.1, -0.05) is 12.1 Å². The van der Waals surface area contributed by atoms with Crippen LogP contribution in [0.1, 0.15) is 11.4 Å². The minimum atomic E-state index is -3.51. The highest BCUT2D eigenvalue weighted by Gasteiger charge is 2.17. The van der Waals surface area contributed by atoms with Crippen molar-refractivity contribution in [2.24, 2.45) is 7.05 Å². The van der Waals surface area contributed by atoms with Gasteiger partial charge in [-0.3, -0.25) is 0 Å². The van der Waals surface area contributed by atoms with Gasteiger partial charge >= 0.3 is 0 Å². The molecule has 0 saturated carbocycles. The molecule has 0 atom stereocenters. The first kappa shape index (κ1) is 14.3. The van der Waals surface area contributed by atoms with Gasteiger partial charge in [0.15, 0.2) is 0 Å². The Hall–Kier alpha value is -1.11. The van der Waals surface area contributed by atoms with E-state index in [0.717, 1.165) is 11.4 Å². The van der Waals surface area contributed by atoms with Gasteiger partial charge < -0.3 is 4.57 Å². The molecule has 2 aromatic rings. The number of nitrogens with zero attached hydrogens (tertiary/aromatic N) is 1. The van der Waals surface area contributed by atoms with E-state index in [2.05, 4.69) is 20.7 Å². The average Bonchev–Trinajstić information content (AvgIpc) is 2.68. The first-order chi connectivity index (χ1) is 8.92. The zero-order valence-corrected chi connectivity index (χ0v) is 13.1. The molecule has 0 bridgehead atoms. The maximum atomic E-state index is 12.2. The number of benzene rings is 1. The third-order valence-electron chi connectivity index (χ3n) is 3.05. The summed E-state index contributed by atoms with van der Waals surface area (Å²) in [7, 11) is -1.59. The topological polar surface area (TPSA) is 51.1 Å². The SMILES string of the molecule is Cc1ccc(CNS(=O)(=O)c2ccccc2Br)n1C. The summed E-state index contributed by atoms with van der Waals surface area (Å²) < 4.78 is 29.5. The minimum Gasteiger partial charge on any atom is -0.351 e. The van der Waals surface area contributed by atoms with E-state index in [-0.39, 0.29) is 11.4 Å². The molecule has 1 aromatic heterocycles. The zero-order chi connectivity index (χ0) is 14.0. The van der Waals surface area contributed by atoms with Gasteiger partial charge in [-0.05, 0) is 47.1 Å². The number of sulfonamides is 1. The van der Waals surface area contributed by atoms with E-state index in [4.69, 9.17) is 0 Å². The molecule has 0 fully saturated rings. The summed E-state index contributed by atoms with van der Waals surface area (Å²) in [6.45, 7) is 2.25. The molecule has 4 nitrogen and oxygen atoms in total. The highest BCUT2D eigenvalue weighted by Crippen LogP contribution is 2.21. The smallest absolute Gasteiger partial charge is 0.242 e. The summed E-state index contributed by atoms with van der Waals surface area (Å²) in [4.78, 5) is 0.251. The van der Waals surface area contributed by atoms with Gasteiger partial charge in [0.25, 0.3) is 0 Å². The Kier molecular flexibility index (Phi) is 4.13. The molecule has 0 amide bonds. The summed E-state index contributed by atoms with van der Waals surface area (Å²) in [6.07, 6.45) is 0. The summed E-state index contributed by atoms with van der Waals surface area (Å²) in [6, 6.07) is 10.6. The average molecular weight is 343 g/mol. The maximum absolute atomic E-state index is 12.2. The lowest BCUT2D eigenvalue weighted by Gasteiger charge is -2.09. The van der Waals surface area contributed by atoms with Crippen molar-refractivity contribution in [3.8, 4) is 0 Å². The molecule has 1 N–H and O–H groups in total. The Labute approximate surface area is 121 Å². The number of aryl methyl sites for hydroxylation is 1. The van der Waals surface area contributed by atoms with Crippen LogP contribution >= 0.6 is 15.9 Å². The summed E-state index contributed by atoms with van der Waals surface area (Å²) in [5.41, 5.74) is 2.02. The predicted molar refractivity (Wildman–Crippen MR) is 78.3 cm³/mol. The molecule has 0 spiro atoms. The van der Waals surface area contributed by atoms with Crippen LogP contribution in [0.2, 0.25) is 0 Å². The van der Waals surface area contributed by atoms with Gasteiger partial charge in [0.1, 0.15) is 0 Å². The molecule has 6 heteroatoms. The molecule has 0 radical (unpaired) electrons. The molecule has 1 heterocycles. The van der Waals surface area contributed by atoms with Gasteiger partial charge in [-0.25, -0.2) is 13.1 Å². The van der Waals surface area contributed by atoms with E-state index in [9.17, 15) is 8.42 Å². The van der Waals surface area contributed by atoms with Crippen LogP contribution in [0.3, 0.4) is 0 Å². The normalized spacial score (nSPS) is 11.7. The number of hydrogen-bond acceptors (Lipinski definition) is 2. The Bertz CT molecular complexity index is 692. The van der Waals surface area contributed by atoms with Crippen molar-refractivity contribution < 1.29 is 8.42 Å². The number of aromatic nitrogens is 1. The molecule has 19 heavy (non-hydrogen) atoms. The van der Waals surface area contributed by atoms with E-state index in [0.29, 0.717) is 4.47 Å². The highest BCUT2D eigenvalue weighted by atomic mass is 79.9. The maximum Gasteiger partial charge on any atom is 0.242 e. The fraction of sp³-hybridized carbons (Fsp3) is 0.231. The van der Waals surface area contributed by atoms with Crippen molar-refractivity contribution >= 4 is 26.0 Å². The monoisotopic (exact) mass is 342 g/mol. The van der Waals surface area contributed by atoms with Gasteiger partial charge in [-0.2, -0.15) is 0 Å². The molecular formula is C13H15BrN2O2S.